The predicted molar refractivity (Wildman–Crippen MR) is 68.8 cm³/mol. The van der Waals surface area contributed by atoms with Gasteiger partial charge < -0.3 is 15.2 Å². The fourth-order valence-corrected chi connectivity index (χ4v) is 1.35. The lowest BCUT2D eigenvalue weighted by Crippen LogP contribution is -2.32. The van der Waals surface area contributed by atoms with Gasteiger partial charge in [0.15, 0.2) is 11.6 Å². The van der Waals surface area contributed by atoms with Gasteiger partial charge in [-0.1, -0.05) is 12.1 Å². The Morgan fingerprint density at radius 3 is 2.94 bits per heavy atom. The van der Waals surface area contributed by atoms with Gasteiger partial charge in [-0.15, -0.1) is 11.8 Å². The fourth-order valence-electron chi connectivity index (χ4n) is 1.35. The lowest BCUT2D eigenvalue weighted by atomic mass is 10.3. The molecule has 0 spiro atoms. The van der Waals surface area contributed by atoms with Crippen LogP contribution in [0.3, 0.4) is 0 Å². The monoisotopic (exact) mass is 251 g/mol. The Bertz CT molecular complexity index is 412. The van der Waals surface area contributed by atoms with Crippen molar-refractivity contribution in [1.29, 1.82) is 0 Å². The molecule has 1 aromatic rings. The van der Waals surface area contributed by atoms with Gasteiger partial charge in [-0.25, -0.2) is 4.39 Å². The van der Waals surface area contributed by atoms with E-state index in [1.54, 1.807) is 19.1 Å². The van der Waals surface area contributed by atoms with Crippen LogP contribution >= 0.6 is 0 Å². The highest BCUT2D eigenvalue weighted by molar-refractivity contribution is 5.23. The van der Waals surface area contributed by atoms with Crippen LogP contribution in [-0.2, 0) is 0 Å². The summed E-state index contributed by atoms with van der Waals surface area (Å²) in [6.07, 6.45) is 0.0800. The van der Waals surface area contributed by atoms with E-state index in [4.69, 9.17) is 4.74 Å². The van der Waals surface area contributed by atoms with Gasteiger partial charge in [-0.05, 0) is 19.1 Å². The van der Waals surface area contributed by atoms with Crippen molar-refractivity contribution in [3.05, 3.63) is 30.1 Å². The molecule has 0 aliphatic rings. The van der Waals surface area contributed by atoms with E-state index >= 15 is 0 Å². The molecule has 4 heteroatoms. The van der Waals surface area contributed by atoms with Crippen LogP contribution in [0.1, 0.15) is 13.3 Å². The largest absolute Gasteiger partial charge is 0.488 e. The molecule has 0 saturated heterocycles. The normalized spacial score (nSPS) is 11.5. The summed E-state index contributed by atoms with van der Waals surface area (Å²) in [5.74, 6) is 5.44. The minimum Gasteiger partial charge on any atom is -0.488 e. The summed E-state index contributed by atoms with van der Waals surface area (Å²) >= 11 is 0. The third kappa shape index (κ3) is 5.67. The van der Waals surface area contributed by atoms with Crippen LogP contribution in [0, 0.1) is 17.7 Å². The van der Waals surface area contributed by atoms with E-state index in [1.807, 2.05) is 0 Å². The minimum absolute atomic E-state index is 0.0629. The average Bonchev–Trinajstić information content (AvgIpc) is 2.37. The van der Waals surface area contributed by atoms with E-state index in [2.05, 4.69) is 17.2 Å². The molecule has 0 aromatic heterocycles. The van der Waals surface area contributed by atoms with E-state index in [9.17, 15) is 9.50 Å². The van der Waals surface area contributed by atoms with Crippen molar-refractivity contribution in [1.82, 2.24) is 5.32 Å². The van der Waals surface area contributed by atoms with Crippen LogP contribution in [0.2, 0.25) is 0 Å². The van der Waals surface area contributed by atoms with Gasteiger partial charge in [0.25, 0.3) is 0 Å². The third-order valence-electron chi connectivity index (χ3n) is 2.25. The van der Waals surface area contributed by atoms with E-state index < -0.39 is 11.9 Å². The summed E-state index contributed by atoms with van der Waals surface area (Å²) in [5.41, 5.74) is 0. The number of hydrogen-bond donors (Lipinski definition) is 2. The molecule has 1 aromatic carbocycles. The summed E-state index contributed by atoms with van der Waals surface area (Å²) in [6, 6.07) is 6.14. The van der Waals surface area contributed by atoms with Crippen LogP contribution in [0.15, 0.2) is 24.3 Å². The van der Waals surface area contributed by atoms with E-state index in [0.717, 1.165) is 13.0 Å². The lowest BCUT2D eigenvalue weighted by molar-refractivity contribution is 0.104. The second kappa shape index (κ2) is 8.51. The number of aliphatic hydroxyl groups excluding tert-OH is 1. The molecule has 0 fully saturated rings. The van der Waals surface area contributed by atoms with Crippen molar-refractivity contribution in [2.45, 2.75) is 19.4 Å². The molecule has 98 valence electrons. The molecule has 2 N–H and O–H groups in total. The Labute approximate surface area is 107 Å². The predicted octanol–water partition coefficient (Wildman–Crippen LogP) is 1.57. The number of aliphatic hydroxyl groups is 1. The molecule has 0 amide bonds. The second-order valence-corrected chi connectivity index (χ2v) is 3.78. The second-order valence-electron chi connectivity index (χ2n) is 3.78. The summed E-state index contributed by atoms with van der Waals surface area (Å²) in [7, 11) is 0. The Kier molecular flexibility index (Phi) is 6.85. The molecule has 18 heavy (non-hydrogen) atoms. The summed E-state index contributed by atoms with van der Waals surface area (Å²) in [4.78, 5) is 0. The molecule has 1 unspecified atom stereocenters. The maximum atomic E-state index is 13.2. The van der Waals surface area contributed by atoms with E-state index in [1.165, 1.54) is 12.1 Å². The van der Waals surface area contributed by atoms with Crippen LogP contribution < -0.4 is 10.1 Å². The number of hydrogen-bond acceptors (Lipinski definition) is 3. The van der Waals surface area contributed by atoms with E-state index in [0.29, 0.717) is 6.54 Å². The Hall–Kier alpha value is -1.57. The Morgan fingerprint density at radius 1 is 1.44 bits per heavy atom. The van der Waals surface area contributed by atoms with E-state index in [-0.39, 0.29) is 12.4 Å². The molecule has 0 radical (unpaired) electrons. The van der Waals surface area contributed by atoms with Crippen molar-refractivity contribution >= 4 is 0 Å². The first-order chi connectivity index (χ1) is 8.74. The zero-order chi connectivity index (χ0) is 13.2. The maximum Gasteiger partial charge on any atom is 0.165 e. The molecule has 3 nitrogen and oxygen atoms in total. The number of ether oxygens (including phenoxy) is 1. The number of nitrogens with one attached hydrogen (secondary N) is 1. The Morgan fingerprint density at radius 2 is 2.22 bits per heavy atom. The highest BCUT2D eigenvalue weighted by atomic mass is 19.1. The first-order valence-electron chi connectivity index (χ1n) is 5.89. The highest BCUT2D eigenvalue weighted by Gasteiger charge is 2.06. The fraction of sp³-hybridized carbons (Fsp3) is 0.429. The standard InChI is InChI=1S/C14H18FNO2/c1-2-3-6-9-16-10-12(17)11-18-14-8-5-4-7-13(14)15/h4-5,7-8,12,16-17H,6,9-11H2,1H3. The minimum atomic E-state index is -0.667. The molecule has 0 aliphatic heterocycles. The zero-order valence-electron chi connectivity index (χ0n) is 10.4. The molecule has 1 rings (SSSR count). The molecule has 0 saturated carbocycles. The van der Waals surface area contributed by atoms with Gasteiger partial charge in [0.2, 0.25) is 0 Å². The van der Waals surface area contributed by atoms with Crippen molar-refractivity contribution < 1.29 is 14.2 Å². The quantitative estimate of drug-likeness (QED) is 0.571. The highest BCUT2D eigenvalue weighted by Crippen LogP contribution is 2.15. The van der Waals surface area contributed by atoms with Gasteiger partial charge in [-0.3, -0.25) is 0 Å². The van der Waals surface area contributed by atoms with Crippen LogP contribution in [0.4, 0.5) is 4.39 Å². The SMILES string of the molecule is CC#CCCNCC(O)COc1ccccc1F. The lowest BCUT2D eigenvalue weighted by Gasteiger charge is -2.13. The van der Waals surface area contributed by atoms with Gasteiger partial charge in [0.05, 0.1) is 0 Å². The molecule has 0 aliphatic carbocycles. The zero-order valence-corrected chi connectivity index (χ0v) is 10.4. The van der Waals surface area contributed by atoms with Gasteiger partial charge in [-0.2, -0.15) is 0 Å². The molecule has 0 bridgehead atoms. The molecular weight excluding hydrogens is 233 g/mol. The Balaban J connectivity index is 2.18. The molecular formula is C14H18FNO2. The summed E-state index contributed by atoms with van der Waals surface area (Å²) in [5, 5.41) is 12.7. The van der Waals surface area contributed by atoms with Crippen LogP contribution in [0.25, 0.3) is 0 Å². The number of benzene rings is 1. The van der Waals surface area contributed by atoms with Gasteiger partial charge in [0, 0.05) is 19.5 Å². The first kappa shape index (κ1) is 14.5. The van der Waals surface area contributed by atoms with Gasteiger partial charge >= 0.3 is 0 Å². The van der Waals surface area contributed by atoms with Crippen molar-refractivity contribution in [3.63, 3.8) is 0 Å². The van der Waals surface area contributed by atoms with Gasteiger partial charge in [0.1, 0.15) is 12.7 Å². The average molecular weight is 251 g/mol. The van der Waals surface area contributed by atoms with Crippen molar-refractivity contribution in [3.8, 4) is 17.6 Å². The number of rotatable bonds is 7. The summed E-state index contributed by atoms with van der Waals surface area (Å²) in [6.45, 7) is 2.97. The number of para-hydroxylation sites is 1. The summed E-state index contributed by atoms with van der Waals surface area (Å²) < 4.78 is 18.4. The van der Waals surface area contributed by atoms with Crippen molar-refractivity contribution in [2.75, 3.05) is 19.7 Å². The third-order valence-corrected chi connectivity index (χ3v) is 2.25. The number of halogens is 1. The first-order valence-corrected chi connectivity index (χ1v) is 5.89. The van der Waals surface area contributed by atoms with Crippen molar-refractivity contribution in [2.24, 2.45) is 0 Å². The maximum absolute atomic E-state index is 13.2. The molecule has 1 atom stereocenters. The van der Waals surface area contributed by atoms with Crippen LogP contribution in [-0.4, -0.2) is 30.9 Å². The molecule has 0 heterocycles. The smallest absolute Gasteiger partial charge is 0.165 e. The van der Waals surface area contributed by atoms with Crippen LogP contribution in [0.5, 0.6) is 5.75 Å². The topological polar surface area (TPSA) is 41.5 Å².